The Kier molecular flexibility index (Phi) is 4.51. The molecule has 0 bridgehead atoms. The molecule has 1 aliphatic rings. The van der Waals surface area contributed by atoms with Gasteiger partial charge in [0.15, 0.2) is 0 Å². The van der Waals surface area contributed by atoms with Gasteiger partial charge in [0.05, 0.1) is 18.1 Å². The van der Waals surface area contributed by atoms with Crippen molar-refractivity contribution in [1.82, 2.24) is 4.90 Å². The highest BCUT2D eigenvalue weighted by atomic mass is 16.5. The van der Waals surface area contributed by atoms with Gasteiger partial charge in [-0.05, 0) is 13.8 Å². The van der Waals surface area contributed by atoms with Gasteiger partial charge in [-0.15, -0.1) is 0 Å². The standard InChI is InChI=1S/C12H21NO4/c1-7-5-13(6-8(2)17-7)11(14)9(3)10(4)12(15)16/h7-10H,5-6H2,1-4H3,(H,15,16)/t7-,8+,9?,10?. The third-order valence-corrected chi connectivity index (χ3v) is 3.26. The molecular weight excluding hydrogens is 222 g/mol. The number of rotatable bonds is 3. The number of hydrogen-bond acceptors (Lipinski definition) is 3. The summed E-state index contributed by atoms with van der Waals surface area (Å²) in [5.41, 5.74) is 0. The van der Waals surface area contributed by atoms with Gasteiger partial charge in [-0.3, -0.25) is 9.59 Å². The average molecular weight is 243 g/mol. The van der Waals surface area contributed by atoms with Crippen LogP contribution < -0.4 is 0 Å². The van der Waals surface area contributed by atoms with E-state index in [9.17, 15) is 9.59 Å². The zero-order chi connectivity index (χ0) is 13.2. The van der Waals surface area contributed by atoms with Crippen molar-refractivity contribution >= 4 is 11.9 Å². The van der Waals surface area contributed by atoms with Crippen molar-refractivity contribution in [3.8, 4) is 0 Å². The monoisotopic (exact) mass is 243 g/mol. The average Bonchev–Trinajstić information content (AvgIpc) is 2.24. The highest BCUT2D eigenvalue weighted by Gasteiger charge is 2.33. The lowest BCUT2D eigenvalue weighted by molar-refractivity contribution is -0.154. The molecule has 0 aromatic heterocycles. The highest BCUT2D eigenvalue weighted by molar-refractivity contribution is 5.84. The summed E-state index contributed by atoms with van der Waals surface area (Å²) in [5.74, 6) is -2.18. The molecule has 2 unspecified atom stereocenters. The van der Waals surface area contributed by atoms with Crippen LogP contribution in [0.5, 0.6) is 0 Å². The minimum Gasteiger partial charge on any atom is -0.481 e. The molecule has 4 atom stereocenters. The van der Waals surface area contributed by atoms with Crippen molar-refractivity contribution < 1.29 is 19.4 Å². The molecule has 1 heterocycles. The number of amides is 1. The second-order valence-electron chi connectivity index (χ2n) is 4.92. The van der Waals surface area contributed by atoms with E-state index in [1.54, 1.807) is 18.7 Å². The fourth-order valence-corrected chi connectivity index (χ4v) is 2.07. The molecular formula is C12H21NO4. The summed E-state index contributed by atoms with van der Waals surface area (Å²) in [4.78, 5) is 24.7. The summed E-state index contributed by atoms with van der Waals surface area (Å²) < 4.78 is 5.54. The zero-order valence-corrected chi connectivity index (χ0v) is 10.8. The maximum Gasteiger partial charge on any atom is 0.307 e. The lowest BCUT2D eigenvalue weighted by atomic mass is 9.94. The number of ether oxygens (including phenoxy) is 1. The quantitative estimate of drug-likeness (QED) is 0.802. The second-order valence-corrected chi connectivity index (χ2v) is 4.92. The molecule has 0 aromatic carbocycles. The van der Waals surface area contributed by atoms with Crippen LogP contribution in [0, 0.1) is 11.8 Å². The molecule has 1 rings (SSSR count). The minimum atomic E-state index is -0.930. The van der Waals surface area contributed by atoms with E-state index in [0.717, 1.165) is 0 Å². The molecule has 17 heavy (non-hydrogen) atoms. The number of carboxylic acids is 1. The van der Waals surface area contributed by atoms with Crippen LogP contribution in [-0.2, 0) is 14.3 Å². The predicted octanol–water partition coefficient (Wildman–Crippen LogP) is 0.979. The van der Waals surface area contributed by atoms with E-state index in [1.165, 1.54) is 0 Å². The molecule has 1 N–H and O–H groups in total. The molecule has 0 aromatic rings. The van der Waals surface area contributed by atoms with E-state index in [4.69, 9.17) is 9.84 Å². The molecule has 0 radical (unpaired) electrons. The number of carbonyl (C=O) groups excluding carboxylic acids is 1. The van der Waals surface area contributed by atoms with Crippen LogP contribution in [0.1, 0.15) is 27.7 Å². The molecule has 5 heteroatoms. The van der Waals surface area contributed by atoms with Gasteiger partial charge < -0.3 is 14.7 Å². The van der Waals surface area contributed by atoms with Gasteiger partial charge in [-0.2, -0.15) is 0 Å². The summed E-state index contributed by atoms with van der Waals surface area (Å²) in [6, 6.07) is 0. The fraction of sp³-hybridized carbons (Fsp3) is 0.833. The van der Waals surface area contributed by atoms with Crippen molar-refractivity contribution in [3.63, 3.8) is 0 Å². The Hall–Kier alpha value is -1.10. The van der Waals surface area contributed by atoms with Crippen LogP contribution in [0.25, 0.3) is 0 Å². The molecule has 5 nitrogen and oxygen atoms in total. The van der Waals surface area contributed by atoms with E-state index < -0.39 is 17.8 Å². The summed E-state index contributed by atoms with van der Waals surface area (Å²) in [5, 5.41) is 8.91. The third kappa shape index (κ3) is 3.43. The van der Waals surface area contributed by atoms with Gasteiger partial charge in [0, 0.05) is 19.0 Å². The van der Waals surface area contributed by atoms with E-state index >= 15 is 0 Å². The lowest BCUT2D eigenvalue weighted by Crippen LogP contribution is -2.50. The second kappa shape index (κ2) is 5.49. The minimum absolute atomic E-state index is 0.00929. The molecule has 1 amide bonds. The molecule has 1 saturated heterocycles. The molecule has 0 aliphatic carbocycles. The van der Waals surface area contributed by atoms with Crippen LogP contribution in [0.3, 0.4) is 0 Å². The van der Waals surface area contributed by atoms with Crippen LogP contribution in [-0.4, -0.2) is 47.2 Å². The Morgan fingerprint density at radius 3 is 2.06 bits per heavy atom. The Bertz CT molecular complexity index is 295. The summed E-state index contributed by atoms with van der Waals surface area (Å²) in [6.07, 6.45) is 0.0186. The smallest absolute Gasteiger partial charge is 0.307 e. The lowest BCUT2D eigenvalue weighted by Gasteiger charge is -2.37. The third-order valence-electron chi connectivity index (χ3n) is 3.26. The Morgan fingerprint density at radius 1 is 1.18 bits per heavy atom. The maximum atomic E-state index is 12.1. The van der Waals surface area contributed by atoms with Gasteiger partial charge in [0.25, 0.3) is 0 Å². The first-order chi connectivity index (χ1) is 7.82. The Balaban J connectivity index is 2.65. The first kappa shape index (κ1) is 14.0. The number of carboxylic acid groups (broad SMARTS) is 1. The van der Waals surface area contributed by atoms with E-state index in [-0.39, 0.29) is 18.1 Å². The fourth-order valence-electron chi connectivity index (χ4n) is 2.07. The van der Waals surface area contributed by atoms with E-state index in [1.807, 2.05) is 13.8 Å². The van der Waals surface area contributed by atoms with Crippen LogP contribution >= 0.6 is 0 Å². The Labute approximate surface area is 102 Å². The van der Waals surface area contributed by atoms with Crippen molar-refractivity contribution in [3.05, 3.63) is 0 Å². The van der Waals surface area contributed by atoms with Gasteiger partial charge in [-0.1, -0.05) is 13.8 Å². The van der Waals surface area contributed by atoms with E-state index in [2.05, 4.69) is 0 Å². The normalized spacial score (nSPS) is 28.6. The number of hydrogen-bond donors (Lipinski definition) is 1. The molecule has 0 spiro atoms. The van der Waals surface area contributed by atoms with Crippen molar-refractivity contribution in [2.75, 3.05) is 13.1 Å². The molecule has 1 fully saturated rings. The molecule has 0 saturated carbocycles. The number of aliphatic carboxylic acids is 1. The predicted molar refractivity (Wildman–Crippen MR) is 62.6 cm³/mol. The van der Waals surface area contributed by atoms with Gasteiger partial charge in [0.2, 0.25) is 5.91 Å². The number of morpholine rings is 1. The van der Waals surface area contributed by atoms with Crippen LogP contribution in [0.4, 0.5) is 0 Å². The molecule has 1 aliphatic heterocycles. The first-order valence-electron chi connectivity index (χ1n) is 6.00. The summed E-state index contributed by atoms with van der Waals surface area (Å²) in [6.45, 7) is 8.16. The summed E-state index contributed by atoms with van der Waals surface area (Å²) >= 11 is 0. The summed E-state index contributed by atoms with van der Waals surface area (Å²) in [7, 11) is 0. The van der Waals surface area contributed by atoms with Crippen molar-refractivity contribution in [1.29, 1.82) is 0 Å². The largest absolute Gasteiger partial charge is 0.481 e. The highest BCUT2D eigenvalue weighted by Crippen LogP contribution is 2.18. The van der Waals surface area contributed by atoms with E-state index in [0.29, 0.717) is 13.1 Å². The topological polar surface area (TPSA) is 66.8 Å². The van der Waals surface area contributed by atoms with Gasteiger partial charge >= 0.3 is 5.97 Å². The maximum absolute atomic E-state index is 12.1. The van der Waals surface area contributed by atoms with Crippen LogP contribution in [0.2, 0.25) is 0 Å². The first-order valence-corrected chi connectivity index (χ1v) is 6.00. The molecule has 98 valence electrons. The van der Waals surface area contributed by atoms with Crippen molar-refractivity contribution in [2.24, 2.45) is 11.8 Å². The van der Waals surface area contributed by atoms with Gasteiger partial charge in [-0.25, -0.2) is 0 Å². The van der Waals surface area contributed by atoms with Crippen LogP contribution in [0.15, 0.2) is 0 Å². The Morgan fingerprint density at radius 2 is 1.65 bits per heavy atom. The van der Waals surface area contributed by atoms with Gasteiger partial charge in [0.1, 0.15) is 0 Å². The SMILES string of the molecule is CC(C(=O)O)C(C)C(=O)N1C[C@@H](C)O[C@@H](C)C1. The number of nitrogens with zero attached hydrogens (tertiary/aromatic N) is 1. The van der Waals surface area contributed by atoms with Crippen molar-refractivity contribution in [2.45, 2.75) is 39.9 Å². The number of carbonyl (C=O) groups is 2. The zero-order valence-electron chi connectivity index (χ0n) is 10.8.